The fourth-order valence-corrected chi connectivity index (χ4v) is 3.73. The second kappa shape index (κ2) is 8.97. The third-order valence-electron chi connectivity index (χ3n) is 4.65. The second-order valence-electron chi connectivity index (χ2n) is 6.67. The number of nitrogens with zero attached hydrogens (tertiary/aromatic N) is 1. The third kappa shape index (κ3) is 5.43. The molecule has 19 heavy (non-hydrogen) atoms. The number of nitrogens with one attached hydrogen (secondary N) is 1. The lowest BCUT2D eigenvalue weighted by atomic mass is 9.99. The molecule has 0 aliphatic heterocycles. The van der Waals surface area contributed by atoms with E-state index in [1.807, 2.05) is 0 Å². The molecule has 0 amide bonds. The molecule has 2 heteroatoms. The van der Waals surface area contributed by atoms with E-state index < -0.39 is 0 Å². The highest BCUT2D eigenvalue weighted by molar-refractivity contribution is 4.86. The third-order valence-corrected chi connectivity index (χ3v) is 4.65. The predicted octanol–water partition coefficient (Wildman–Crippen LogP) is 3.91. The van der Waals surface area contributed by atoms with Crippen molar-refractivity contribution in [1.82, 2.24) is 10.2 Å². The molecule has 1 N–H and O–H groups in total. The molecular formula is C17H36N2. The molecule has 0 bridgehead atoms. The summed E-state index contributed by atoms with van der Waals surface area (Å²) in [7, 11) is 0. The lowest BCUT2D eigenvalue weighted by Crippen LogP contribution is -2.44. The van der Waals surface area contributed by atoms with Gasteiger partial charge in [-0.2, -0.15) is 0 Å². The maximum absolute atomic E-state index is 3.70. The minimum absolute atomic E-state index is 0.772. The zero-order chi connectivity index (χ0) is 14.3. The van der Waals surface area contributed by atoms with Crippen molar-refractivity contribution < 1.29 is 0 Å². The van der Waals surface area contributed by atoms with Crippen LogP contribution in [-0.2, 0) is 0 Å². The van der Waals surface area contributed by atoms with Gasteiger partial charge in [0.15, 0.2) is 0 Å². The zero-order valence-corrected chi connectivity index (χ0v) is 13.9. The SMILES string of the molecule is CCNC1CCCC1CN(CC(C)C)C(CC)CC. The molecule has 1 saturated carbocycles. The zero-order valence-electron chi connectivity index (χ0n) is 13.9. The van der Waals surface area contributed by atoms with Crippen molar-refractivity contribution in [3.05, 3.63) is 0 Å². The Morgan fingerprint density at radius 1 is 1.11 bits per heavy atom. The van der Waals surface area contributed by atoms with Crippen molar-refractivity contribution in [2.75, 3.05) is 19.6 Å². The van der Waals surface area contributed by atoms with Crippen molar-refractivity contribution >= 4 is 0 Å². The summed E-state index contributed by atoms with van der Waals surface area (Å²) < 4.78 is 0. The Labute approximate surface area is 121 Å². The van der Waals surface area contributed by atoms with Gasteiger partial charge >= 0.3 is 0 Å². The molecule has 2 unspecified atom stereocenters. The van der Waals surface area contributed by atoms with E-state index in [1.165, 1.54) is 45.2 Å². The van der Waals surface area contributed by atoms with Gasteiger partial charge in [0.25, 0.3) is 0 Å². The first-order valence-electron chi connectivity index (χ1n) is 8.59. The van der Waals surface area contributed by atoms with Crippen LogP contribution in [0.4, 0.5) is 0 Å². The summed E-state index contributed by atoms with van der Waals surface area (Å²) >= 11 is 0. The van der Waals surface area contributed by atoms with Gasteiger partial charge in [0.05, 0.1) is 0 Å². The number of rotatable bonds is 9. The average molecular weight is 268 g/mol. The topological polar surface area (TPSA) is 15.3 Å². The Morgan fingerprint density at radius 2 is 1.79 bits per heavy atom. The normalized spacial score (nSPS) is 24.0. The number of hydrogen-bond donors (Lipinski definition) is 1. The maximum Gasteiger partial charge on any atom is 0.0107 e. The van der Waals surface area contributed by atoms with Crippen LogP contribution in [0.15, 0.2) is 0 Å². The highest BCUT2D eigenvalue weighted by Gasteiger charge is 2.29. The van der Waals surface area contributed by atoms with Crippen LogP contribution >= 0.6 is 0 Å². The summed E-state index contributed by atoms with van der Waals surface area (Å²) in [5.74, 6) is 1.65. The first-order chi connectivity index (χ1) is 9.12. The quantitative estimate of drug-likeness (QED) is 0.682. The fourth-order valence-electron chi connectivity index (χ4n) is 3.73. The molecule has 0 aromatic heterocycles. The first-order valence-corrected chi connectivity index (χ1v) is 8.59. The molecule has 0 aromatic rings. The minimum atomic E-state index is 0.772. The van der Waals surface area contributed by atoms with Gasteiger partial charge in [-0.1, -0.05) is 41.0 Å². The minimum Gasteiger partial charge on any atom is -0.314 e. The molecule has 0 aromatic carbocycles. The summed E-state index contributed by atoms with van der Waals surface area (Å²) in [4.78, 5) is 2.78. The Bertz CT molecular complexity index is 223. The van der Waals surface area contributed by atoms with Crippen molar-refractivity contribution in [2.24, 2.45) is 11.8 Å². The Morgan fingerprint density at radius 3 is 2.32 bits per heavy atom. The second-order valence-corrected chi connectivity index (χ2v) is 6.67. The van der Waals surface area contributed by atoms with Gasteiger partial charge in [-0.25, -0.2) is 0 Å². The van der Waals surface area contributed by atoms with Gasteiger partial charge in [-0.15, -0.1) is 0 Å². The maximum atomic E-state index is 3.70. The Balaban J connectivity index is 2.59. The van der Waals surface area contributed by atoms with Crippen LogP contribution < -0.4 is 5.32 Å². The van der Waals surface area contributed by atoms with Crippen molar-refractivity contribution in [3.8, 4) is 0 Å². The van der Waals surface area contributed by atoms with Crippen molar-refractivity contribution in [2.45, 2.75) is 78.8 Å². The van der Waals surface area contributed by atoms with E-state index in [0.29, 0.717) is 0 Å². The lowest BCUT2D eigenvalue weighted by Gasteiger charge is -2.35. The molecule has 1 fully saturated rings. The van der Waals surface area contributed by atoms with E-state index in [-0.39, 0.29) is 0 Å². The van der Waals surface area contributed by atoms with E-state index in [2.05, 4.69) is 44.8 Å². The summed E-state index contributed by atoms with van der Waals surface area (Å²) in [5.41, 5.74) is 0. The Kier molecular flexibility index (Phi) is 8.01. The van der Waals surface area contributed by atoms with Gasteiger partial charge in [0, 0.05) is 25.2 Å². The van der Waals surface area contributed by atoms with Gasteiger partial charge in [-0.3, -0.25) is 4.90 Å². The van der Waals surface area contributed by atoms with Crippen LogP contribution in [0, 0.1) is 11.8 Å². The van der Waals surface area contributed by atoms with Crippen molar-refractivity contribution in [3.63, 3.8) is 0 Å². The molecule has 2 atom stereocenters. The smallest absolute Gasteiger partial charge is 0.0107 e. The summed E-state index contributed by atoms with van der Waals surface area (Å²) in [5, 5.41) is 3.70. The van der Waals surface area contributed by atoms with E-state index >= 15 is 0 Å². The molecule has 2 nitrogen and oxygen atoms in total. The van der Waals surface area contributed by atoms with Gasteiger partial charge < -0.3 is 5.32 Å². The molecule has 1 rings (SSSR count). The molecule has 0 spiro atoms. The van der Waals surface area contributed by atoms with Gasteiger partial charge in [0.2, 0.25) is 0 Å². The van der Waals surface area contributed by atoms with Crippen molar-refractivity contribution in [1.29, 1.82) is 0 Å². The molecule has 0 heterocycles. The molecule has 1 aliphatic rings. The van der Waals surface area contributed by atoms with Gasteiger partial charge in [-0.05, 0) is 44.1 Å². The highest BCUT2D eigenvalue weighted by atomic mass is 15.2. The van der Waals surface area contributed by atoms with E-state index in [0.717, 1.165) is 30.5 Å². The van der Waals surface area contributed by atoms with Crippen LogP contribution in [0.25, 0.3) is 0 Å². The van der Waals surface area contributed by atoms with Crippen LogP contribution in [0.5, 0.6) is 0 Å². The predicted molar refractivity (Wildman–Crippen MR) is 85.6 cm³/mol. The summed E-state index contributed by atoms with van der Waals surface area (Å²) in [6.45, 7) is 15.3. The Hall–Kier alpha value is -0.0800. The molecular weight excluding hydrogens is 232 g/mol. The molecule has 114 valence electrons. The van der Waals surface area contributed by atoms with Crippen LogP contribution in [0.2, 0.25) is 0 Å². The largest absolute Gasteiger partial charge is 0.314 e. The van der Waals surface area contributed by atoms with Gasteiger partial charge in [0.1, 0.15) is 0 Å². The van der Waals surface area contributed by atoms with Crippen LogP contribution in [-0.4, -0.2) is 36.6 Å². The molecule has 0 saturated heterocycles. The van der Waals surface area contributed by atoms with E-state index in [9.17, 15) is 0 Å². The average Bonchev–Trinajstić information content (AvgIpc) is 2.78. The van der Waals surface area contributed by atoms with E-state index in [1.54, 1.807) is 0 Å². The first kappa shape index (κ1) is 17.0. The van der Waals surface area contributed by atoms with Crippen LogP contribution in [0.1, 0.15) is 66.7 Å². The molecule has 1 aliphatic carbocycles. The number of hydrogen-bond acceptors (Lipinski definition) is 2. The van der Waals surface area contributed by atoms with E-state index in [4.69, 9.17) is 0 Å². The highest BCUT2D eigenvalue weighted by Crippen LogP contribution is 2.28. The lowest BCUT2D eigenvalue weighted by molar-refractivity contribution is 0.133. The van der Waals surface area contributed by atoms with Crippen LogP contribution in [0.3, 0.4) is 0 Å². The summed E-state index contributed by atoms with van der Waals surface area (Å²) in [6, 6.07) is 1.55. The monoisotopic (exact) mass is 268 g/mol. The molecule has 0 radical (unpaired) electrons. The standard InChI is InChI=1S/C17H36N2/c1-6-16(7-2)19(12-14(4)5)13-15-10-9-11-17(15)18-8-3/h14-18H,6-13H2,1-5H3. The summed E-state index contributed by atoms with van der Waals surface area (Å²) in [6.07, 6.45) is 6.81. The fraction of sp³-hybridized carbons (Fsp3) is 1.00.